The average molecular weight is 338 g/mol. The number of fused-ring (bicyclic) bond motifs is 1. The summed E-state index contributed by atoms with van der Waals surface area (Å²) in [5.41, 5.74) is 7.77. The van der Waals surface area contributed by atoms with Gasteiger partial charge in [-0.3, -0.25) is 10.5 Å². The minimum Gasteiger partial charge on any atom is -0.475 e. The lowest BCUT2D eigenvalue weighted by Gasteiger charge is -2.18. The standard InChI is InChI=1S/C15H15FN2O2S2/c16-10-1-2-11(13-9(6-21)15(19)18-14(10)13)20-12(17)5-8-3-4-22-7-8/h1-4,7,9,12,21H,5-6,17H2,(H,18,19). The van der Waals surface area contributed by atoms with E-state index in [2.05, 4.69) is 17.9 Å². The average Bonchev–Trinajstić information content (AvgIpc) is 3.09. The second-order valence-corrected chi connectivity index (χ2v) is 6.20. The summed E-state index contributed by atoms with van der Waals surface area (Å²) in [4.78, 5) is 11.9. The Hall–Kier alpha value is -1.57. The molecule has 1 aliphatic heterocycles. The third-order valence-electron chi connectivity index (χ3n) is 3.55. The summed E-state index contributed by atoms with van der Waals surface area (Å²) in [6, 6.07) is 4.76. The van der Waals surface area contributed by atoms with Crippen molar-refractivity contribution < 1.29 is 13.9 Å². The number of anilines is 1. The Labute approximate surface area is 136 Å². The van der Waals surface area contributed by atoms with Crippen LogP contribution in [0.15, 0.2) is 29.0 Å². The Morgan fingerprint density at radius 1 is 1.45 bits per heavy atom. The fraction of sp³-hybridized carbons (Fsp3) is 0.267. The quantitative estimate of drug-likeness (QED) is 0.580. The maximum absolute atomic E-state index is 13.9. The summed E-state index contributed by atoms with van der Waals surface area (Å²) in [7, 11) is 0. The molecule has 1 aliphatic rings. The zero-order chi connectivity index (χ0) is 15.7. The topological polar surface area (TPSA) is 64.3 Å². The molecule has 3 N–H and O–H groups in total. The SMILES string of the molecule is NC(Cc1ccsc1)Oc1ccc(F)c2c1C(CS)C(=O)N2. The second-order valence-electron chi connectivity index (χ2n) is 5.05. The van der Waals surface area contributed by atoms with Crippen molar-refractivity contribution in [2.75, 3.05) is 11.1 Å². The number of carbonyl (C=O) groups excluding carboxylic acids is 1. The molecule has 2 atom stereocenters. The number of nitrogens with two attached hydrogens (primary N) is 1. The van der Waals surface area contributed by atoms with Gasteiger partial charge in [-0.1, -0.05) is 0 Å². The van der Waals surface area contributed by atoms with Crippen LogP contribution >= 0.6 is 24.0 Å². The largest absolute Gasteiger partial charge is 0.475 e. The van der Waals surface area contributed by atoms with E-state index in [9.17, 15) is 9.18 Å². The highest BCUT2D eigenvalue weighted by Crippen LogP contribution is 2.41. The van der Waals surface area contributed by atoms with E-state index in [1.54, 1.807) is 11.3 Å². The molecule has 22 heavy (non-hydrogen) atoms. The van der Waals surface area contributed by atoms with Crippen molar-refractivity contribution in [3.8, 4) is 5.75 Å². The fourth-order valence-electron chi connectivity index (χ4n) is 2.51. The highest BCUT2D eigenvalue weighted by molar-refractivity contribution is 7.80. The molecular weight excluding hydrogens is 323 g/mol. The molecule has 0 radical (unpaired) electrons. The molecule has 2 aromatic rings. The number of halogens is 1. The van der Waals surface area contributed by atoms with Gasteiger partial charge in [-0.2, -0.15) is 24.0 Å². The van der Waals surface area contributed by atoms with E-state index in [4.69, 9.17) is 10.5 Å². The molecule has 0 saturated carbocycles. The van der Waals surface area contributed by atoms with Gasteiger partial charge in [0, 0.05) is 17.7 Å². The number of thiophene rings is 1. The van der Waals surface area contributed by atoms with E-state index < -0.39 is 18.0 Å². The number of rotatable bonds is 5. The normalized spacial score (nSPS) is 18.0. The summed E-state index contributed by atoms with van der Waals surface area (Å²) >= 11 is 5.76. The number of ether oxygens (including phenoxy) is 1. The fourth-order valence-corrected chi connectivity index (χ4v) is 3.54. The van der Waals surface area contributed by atoms with Gasteiger partial charge >= 0.3 is 0 Å². The summed E-state index contributed by atoms with van der Waals surface area (Å²) in [5.74, 6) is -0.579. The highest BCUT2D eigenvalue weighted by atomic mass is 32.1. The second kappa shape index (κ2) is 6.28. The van der Waals surface area contributed by atoms with Gasteiger partial charge in [-0.05, 0) is 34.5 Å². The Balaban J connectivity index is 1.86. The minimum atomic E-state index is -0.569. The molecule has 1 aromatic carbocycles. The van der Waals surface area contributed by atoms with Crippen LogP contribution in [-0.4, -0.2) is 17.9 Å². The molecule has 7 heteroatoms. The zero-order valence-electron chi connectivity index (χ0n) is 11.6. The Bertz CT molecular complexity index is 691. The van der Waals surface area contributed by atoms with E-state index in [-0.39, 0.29) is 17.3 Å². The molecule has 0 spiro atoms. The Morgan fingerprint density at radius 2 is 2.27 bits per heavy atom. The van der Waals surface area contributed by atoms with E-state index in [1.807, 2.05) is 16.8 Å². The molecule has 2 unspecified atom stereocenters. The van der Waals surface area contributed by atoms with Crippen LogP contribution in [0, 0.1) is 5.82 Å². The molecule has 1 amide bonds. The van der Waals surface area contributed by atoms with Crippen molar-refractivity contribution >= 4 is 35.6 Å². The molecule has 4 nitrogen and oxygen atoms in total. The van der Waals surface area contributed by atoms with E-state index >= 15 is 0 Å². The summed E-state index contributed by atoms with van der Waals surface area (Å²) in [5, 5.41) is 6.51. The monoisotopic (exact) mass is 338 g/mol. The van der Waals surface area contributed by atoms with Crippen molar-refractivity contribution in [3.05, 3.63) is 45.9 Å². The van der Waals surface area contributed by atoms with Gasteiger partial charge in [0.15, 0.2) is 6.23 Å². The van der Waals surface area contributed by atoms with Crippen LogP contribution in [0.4, 0.5) is 10.1 Å². The van der Waals surface area contributed by atoms with Crippen LogP contribution in [-0.2, 0) is 11.2 Å². The lowest BCUT2D eigenvalue weighted by Crippen LogP contribution is -2.30. The van der Waals surface area contributed by atoms with Crippen molar-refractivity contribution in [2.24, 2.45) is 5.73 Å². The number of hydrogen-bond donors (Lipinski definition) is 3. The molecule has 0 aliphatic carbocycles. The first-order chi connectivity index (χ1) is 10.6. The first-order valence-electron chi connectivity index (χ1n) is 6.77. The summed E-state index contributed by atoms with van der Waals surface area (Å²) in [6.45, 7) is 0. The number of thiol groups is 1. The molecule has 3 rings (SSSR count). The van der Waals surface area contributed by atoms with Gasteiger partial charge in [0.2, 0.25) is 5.91 Å². The first-order valence-corrected chi connectivity index (χ1v) is 8.35. The van der Waals surface area contributed by atoms with E-state index in [0.29, 0.717) is 17.7 Å². The van der Waals surface area contributed by atoms with Crippen molar-refractivity contribution in [1.29, 1.82) is 0 Å². The predicted octanol–water partition coefficient (Wildman–Crippen LogP) is 2.76. The molecule has 2 heterocycles. The lowest BCUT2D eigenvalue weighted by molar-refractivity contribution is -0.116. The van der Waals surface area contributed by atoms with Crippen molar-refractivity contribution in [3.63, 3.8) is 0 Å². The zero-order valence-corrected chi connectivity index (χ0v) is 13.3. The van der Waals surface area contributed by atoms with Gasteiger partial charge in [0.05, 0.1) is 11.6 Å². The van der Waals surface area contributed by atoms with Crippen molar-refractivity contribution in [2.45, 2.75) is 18.6 Å². The maximum Gasteiger partial charge on any atom is 0.233 e. The predicted molar refractivity (Wildman–Crippen MR) is 88.3 cm³/mol. The molecule has 0 bridgehead atoms. The van der Waals surface area contributed by atoms with E-state index in [1.165, 1.54) is 12.1 Å². The molecular formula is C15H15FN2O2S2. The molecule has 116 valence electrons. The summed E-state index contributed by atoms with van der Waals surface area (Å²) < 4.78 is 19.6. The number of nitrogens with one attached hydrogen (secondary N) is 1. The maximum atomic E-state index is 13.9. The van der Waals surface area contributed by atoms with Crippen LogP contribution < -0.4 is 15.8 Å². The van der Waals surface area contributed by atoms with Gasteiger partial charge in [-0.15, -0.1) is 0 Å². The van der Waals surface area contributed by atoms with Crippen LogP contribution in [0.25, 0.3) is 0 Å². The molecule has 1 aromatic heterocycles. The number of amides is 1. The van der Waals surface area contributed by atoms with Gasteiger partial charge in [0.1, 0.15) is 11.6 Å². The minimum absolute atomic E-state index is 0.171. The van der Waals surface area contributed by atoms with Crippen LogP contribution in [0.5, 0.6) is 5.75 Å². The lowest BCUT2D eigenvalue weighted by atomic mass is 10.0. The molecule has 0 fully saturated rings. The van der Waals surface area contributed by atoms with Crippen LogP contribution in [0.3, 0.4) is 0 Å². The van der Waals surface area contributed by atoms with Gasteiger partial charge in [-0.25, -0.2) is 4.39 Å². The highest BCUT2D eigenvalue weighted by Gasteiger charge is 2.35. The number of carbonyl (C=O) groups is 1. The first kappa shape index (κ1) is 15.3. The molecule has 0 saturated heterocycles. The summed E-state index contributed by atoms with van der Waals surface area (Å²) in [6.07, 6.45) is -0.0248. The number of hydrogen-bond acceptors (Lipinski definition) is 5. The smallest absolute Gasteiger partial charge is 0.233 e. The van der Waals surface area contributed by atoms with Crippen LogP contribution in [0.1, 0.15) is 17.0 Å². The van der Waals surface area contributed by atoms with Crippen LogP contribution in [0.2, 0.25) is 0 Å². The Kier molecular flexibility index (Phi) is 4.37. The van der Waals surface area contributed by atoms with Crippen molar-refractivity contribution in [1.82, 2.24) is 0 Å². The Morgan fingerprint density at radius 3 is 2.95 bits per heavy atom. The third kappa shape index (κ3) is 2.84. The van der Waals surface area contributed by atoms with E-state index in [0.717, 1.165) is 5.56 Å². The van der Waals surface area contributed by atoms with Gasteiger partial charge < -0.3 is 10.1 Å². The van der Waals surface area contributed by atoms with Gasteiger partial charge in [0.25, 0.3) is 0 Å². The third-order valence-corrected chi connectivity index (χ3v) is 4.64. The number of benzene rings is 1.